The van der Waals surface area contributed by atoms with E-state index in [1.807, 2.05) is 24.3 Å². The lowest BCUT2D eigenvalue weighted by atomic mass is 10.0. The van der Waals surface area contributed by atoms with E-state index in [2.05, 4.69) is 22.5 Å². The minimum Gasteiger partial charge on any atom is -0.326 e. The van der Waals surface area contributed by atoms with Gasteiger partial charge in [-0.05, 0) is 54.3 Å². The predicted molar refractivity (Wildman–Crippen MR) is 106 cm³/mol. The molecule has 0 saturated heterocycles. The maximum Gasteiger partial charge on any atom is 0.247 e. The summed E-state index contributed by atoms with van der Waals surface area (Å²) in [6, 6.07) is 12.9. The highest BCUT2D eigenvalue weighted by Gasteiger charge is 2.15. The van der Waals surface area contributed by atoms with Crippen LogP contribution in [0.1, 0.15) is 24.0 Å². The fraction of sp³-hybridized carbons (Fsp3) is 0.190. The van der Waals surface area contributed by atoms with E-state index in [0.29, 0.717) is 30.6 Å². The lowest BCUT2D eigenvalue weighted by molar-refractivity contribution is -0.117. The fourth-order valence-corrected chi connectivity index (χ4v) is 2.88. The van der Waals surface area contributed by atoms with Crippen LogP contribution >= 0.6 is 0 Å². The zero-order valence-electron chi connectivity index (χ0n) is 14.9. The summed E-state index contributed by atoms with van der Waals surface area (Å²) in [5, 5.41) is 8.37. The van der Waals surface area contributed by atoms with Gasteiger partial charge in [0, 0.05) is 29.9 Å². The number of hydrogen-bond acceptors (Lipinski definition) is 3. The second kappa shape index (κ2) is 8.31. The van der Waals surface area contributed by atoms with Crippen molar-refractivity contribution in [3.8, 4) is 0 Å². The third-order valence-electron chi connectivity index (χ3n) is 4.34. The van der Waals surface area contributed by atoms with Crippen LogP contribution in [0, 0.1) is 0 Å². The summed E-state index contributed by atoms with van der Waals surface area (Å²) >= 11 is 0. The Bertz CT molecular complexity index is 888. The van der Waals surface area contributed by atoms with Crippen molar-refractivity contribution < 1.29 is 14.4 Å². The topological polar surface area (TPSA) is 87.3 Å². The molecule has 1 aliphatic rings. The predicted octanol–water partition coefficient (Wildman–Crippen LogP) is 3.27. The van der Waals surface area contributed by atoms with Crippen LogP contribution in [0.15, 0.2) is 55.1 Å². The van der Waals surface area contributed by atoms with E-state index in [1.165, 1.54) is 6.08 Å². The smallest absolute Gasteiger partial charge is 0.247 e. The van der Waals surface area contributed by atoms with Gasteiger partial charge in [-0.25, -0.2) is 0 Å². The molecule has 2 aromatic rings. The minimum atomic E-state index is -0.261. The largest absolute Gasteiger partial charge is 0.326 e. The maximum absolute atomic E-state index is 12.2. The van der Waals surface area contributed by atoms with Crippen LogP contribution in [0.25, 0.3) is 0 Å². The van der Waals surface area contributed by atoms with Gasteiger partial charge in [0.05, 0.1) is 0 Å². The first-order valence-electron chi connectivity index (χ1n) is 8.78. The second-order valence-corrected chi connectivity index (χ2v) is 6.36. The van der Waals surface area contributed by atoms with E-state index in [9.17, 15) is 14.4 Å². The molecule has 6 nitrogen and oxygen atoms in total. The molecule has 138 valence electrons. The Morgan fingerprint density at radius 1 is 1.04 bits per heavy atom. The number of carbonyl (C=O) groups excluding carboxylic acids is 3. The van der Waals surface area contributed by atoms with Gasteiger partial charge in [0.1, 0.15) is 0 Å². The molecular weight excluding hydrogens is 342 g/mol. The number of rotatable bonds is 6. The van der Waals surface area contributed by atoms with Crippen molar-refractivity contribution in [2.24, 2.45) is 0 Å². The molecule has 3 N–H and O–H groups in total. The van der Waals surface area contributed by atoms with Gasteiger partial charge in [0.25, 0.3) is 0 Å². The third-order valence-corrected chi connectivity index (χ3v) is 4.34. The molecule has 6 heteroatoms. The zero-order chi connectivity index (χ0) is 19.2. The first-order valence-corrected chi connectivity index (χ1v) is 8.78. The van der Waals surface area contributed by atoms with Crippen molar-refractivity contribution >= 4 is 34.8 Å². The van der Waals surface area contributed by atoms with Gasteiger partial charge >= 0.3 is 0 Å². The molecule has 3 rings (SSSR count). The van der Waals surface area contributed by atoms with Gasteiger partial charge in [-0.2, -0.15) is 0 Å². The van der Waals surface area contributed by atoms with Gasteiger partial charge in [0.15, 0.2) is 0 Å². The first-order chi connectivity index (χ1) is 13.0. The van der Waals surface area contributed by atoms with E-state index in [1.54, 1.807) is 18.2 Å². The summed E-state index contributed by atoms with van der Waals surface area (Å²) in [6.45, 7) is 3.41. The number of anilines is 3. The summed E-state index contributed by atoms with van der Waals surface area (Å²) in [7, 11) is 0. The highest BCUT2D eigenvalue weighted by atomic mass is 16.2. The molecule has 0 saturated carbocycles. The van der Waals surface area contributed by atoms with Gasteiger partial charge in [-0.1, -0.05) is 24.8 Å². The van der Waals surface area contributed by atoms with Crippen LogP contribution in [0.3, 0.4) is 0 Å². The van der Waals surface area contributed by atoms with Gasteiger partial charge < -0.3 is 16.0 Å². The molecule has 3 amide bonds. The van der Waals surface area contributed by atoms with Crippen LogP contribution in [-0.2, 0) is 27.2 Å². The molecular formula is C21H21N3O3. The normalized spacial score (nSPS) is 12.5. The molecule has 0 unspecified atom stereocenters. The molecule has 0 aliphatic carbocycles. The molecule has 0 radical (unpaired) electrons. The number of nitrogens with one attached hydrogen (secondary N) is 3. The first kappa shape index (κ1) is 18.4. The molecule has 1 aliphatic heterocycles. The zero-order valence-corrected chi connectivity index (χ0v) is 14.9. The Hall–Kier alpha value is -3.41. The summed E-state index contributed by atoms with van der Waals surface area (Å²) in [4.78, 5) is 35.0. The minimum absolute atomic E-state index is 0.00120. The number of hydrogen-bond donors (Lipinski definition) is 3. The summed E-state index contributed by atoms with van der Waals surface area (Å²) in [5.41, 5.74) is 4.20. The quantitative estimate of drug-likeness (QED) is 0.689. The fourth-order valence-electron chi connectivity index (χ4n) is 2.88. The Morgan fingerprint density at radius 3 is 2.52 bits per heavy atom. The molecule has 27 heavy (non-hydrogen) atoms. The Balaban J connectivity index is 1.52. The van der Waals surface area contributed by atoms with Crippen molar-refractivity contribution in [2.45, 2.75) is 25.7 Å². The van der Waals surface area contributed by atoms with Crippen LogP contribution < -0.4 is 16.0 Å². The number of aryl methyl sites for hydroxylation is 2. The van der Waals surface area contributed by atoms with Crippen molar-refractivity contribution in [3.05, 3.63) is 66.2 Å². The van der Waals surface area contributed by atoms with Crippen molar-refractivity contribution in [3.63, 3.8) is 0 Å². The van der Waals surface area contributed by atoms with Crippen LogP contribution in [-0.4, -0.2) is 17.7 Å². The molecule has 0 bridgehead atoms. The Kier molecular flexibility index (Phi) is 5.66. The average Bonchev–Trinajstić information content (AvgIpc) is 2.67. The Morgan fingerprint density at radius 2 is 1.78 bits per heavy atom. The molecule has 2 aromatic carbocycles. The summed E-state index contributed by atoms with van der Waals surface area (Å²) < 4.78 is 0. The van der Waals surface area contributed by atoms with E-state index >= 15 is 0 Å². The monoisotopic (exact) mass is 363 g/mol. The van der Waals surface area contributed by atoms with Gasteiger partial charge in [0.2, 0.25) is 17.7 Å². The molecule has 0 atom stereocenters. The molecule has 1 heterocycles. The van der Waals surface area contributed by atoms with Crippen molar-refractivity contribution in [1.29, 1.82) is 0 Å². The summed E-state index contributed by atoms with van der Waals surface area (Å²) in [5.74, 6) is -0.358. The molecule has 0 aromatic heterocycles. The molecule has 0 spiro atoms. The van der Waals surface area contributed by atoms with E-state index in [0.717, 1.165) is 23.2 Å². The van der Waals surface area contributed by atoms with Gasteiger partial charge in [-0.3, -0.25) is 14.4 Å². The van der Waals surface area contributed by atoms with Crippen LogP contribution in [0.4, 0.5) is 17.1 Å². The third kappa shape index (κ3) is 5.04. The van der Waals surface area contributed by atoms with E-state index < -0.39 is 0 Å². The SMILES string of the molecule is C=CC(=O)Nc1ccc(CCC(=O)Nc2ccc3c(c2)NC(=O)CC3)cc1. The average molecular weight is 363 g/mol. The standard InChI is InChI=1S/C21H21N3O3/c1-2-19(25)22-16-8-3-14(4-9-16)5-11-20(26)23-17-10-6-15-7-12-21(27)24-18(15)13-17/h2-4,6,8-10,13H,1,5,7,11-12H2,(H,22,25)(H,23,26)(H,24,27). The summed E-state index contributed by atoms with van der Waals surface area (Å²) in [6.07, 6.45) is 3.35. The lowest BCUT2D eigenvalue weighted by Crippen LogP contribution is -2.19. The van der Waals surface area contributed by atoms with Crippen molar-refractivity contribution in [2.75, 3.05) is 16.0 Å². The number of benzene rings is 2. The number of carbonyl (C=O) groups is 3. The van der Waals surface area contributed by atoms with E-state index in [-0.39, 0.29) is 17.7 Å². The van der Waals surface area contributed by atoms with Crippen molar-refractivity contribution in [1.82, 2.24) is 0 Å². The Labute approximate surface area is 157 Å². The lowest BCUT2D eigenvalue weighted by Gasteiger charge is -2.17. The van der Waals surface area contributed by atoms with Crippen LogP contribution in [0.5, 0.6) is 0 Å². The maximum atomic E-state index is 12.2. The van der Waals surface area contributed by atoms with E-state index in [4.69, 9.17) is 0 Å². The highest BCUT2D eigenvalue weighted by molar-refractivity contribution is 5.99. The van der Waals surface area contributed by atoms with Gasteiger partial charge in [-0.15, -0.1) is 0 Å². The molecule has 0 fully saturated rings. The highest BCUT2D eigenvalue weighted by Crippen LogP contribution is 2.26. The number of amides is 3. The van der Waals surface area contributed by atoms with Crippen LogP contribution in [0.2, 0.25) is 0 Å². The second-order valence-electron chi connectivity index (χ2n) is 6.36. The number of fused-ring (bicyclic) bond motifs is 1.